The van der Waals surface area contributed by atoms with E-state index in [4.69, 9.17) is 11.6 Å². The summed E-state index contributed by atoms with van der Waals surface area (Å²) < 4.78 is 2.45. The highest BCUT2D eigenvalue weighted by Crippen LogP contribution is 2.48. The fraction of sp³-hybridized carbons (Fsp3) is 0.571. The van der Waals surface area contributed by atoms with Crippen molar-refractivity contribution in [3.05, 3.63) is 52.5 Å². The lowest BCUT2D eigenvalue weighted by Crippen LogP contribution is -2.42. The maximum atomic E-state index is 12.0. The molecule has 0 amide bonds. The molecule has 7 rings (SSSR count). The zero-order chi connectivity index (χ0) is 27.9. The summed E-state index contributed by atoms with van der Waals surface area (Å²) >= 11 is 6.68. The van der Waals surface area contributed by atoms with E-state index in [1.807, 2.05) is 12.1 Å². The van der Waals surface area contributed by atoms with Gasteiger partial charge in [0, 0.05) is 59.4 Å². The number of carboxylic acids is 1. The summed E-state index contributed by atoms with van der Waals surface area (Å²) in [5.74, 6) is 0.409. The molecular weight excluding hydrogens is 530 g/mol. The number of carbonyl (C=O) groups is 1. The highest BCUT2D eigenvalue weighted by atomic mass is 35.5. The fourth-order valence-electron chi connectivity index (χ4n) is 8.65. The molecule has 2 aliphatic heterocycles. The minimum atomic E-state index is -0.858. The second kappa shape index (κ2) is 11.6. The summed E-state index contributed by atoms with van der Waals surface area (Å²) in [6, 6.07) is 13.1. The van der Waals surface area contributed by atoms with Gasteiger partial charge in [-0.15, -0.1) is 0 Å². The molecule has 0 bridgehead atoms. The van der Waals surface area contributed by atoms with Gasteiger partial charge >= 0.3 is 5.97 Å². The van der Waals surface area contributed by atoms with Gasteiger partial charge in [-0.1, -0.05) is 49.8 Å². The van der Waals surface area contributed by atoms with Crippen molar-refractivity contribution >= 4 is 34.2 Å². The molecule has 4 aliphatic rings. The summed E-state index contributed by atoms with van der Waals surface area (Å²) in [5.41, 5.74) is 6.68. The first kappa shape index (κ1) is 27.3. The predicted octanol–water partition coefficient (Wildman–Crippen LogP) is 8.57. The lowest BCUT2D eigenvalue weighted by Gasteiger charge is -2.37. The van der Waals surface area contributed by atoms with Crippen LogP contribution in [0, 0.1) is 5.92 Å². The average Bonchev–Trinajstić information content (AvgIpc) is 3.61. The molecule has 6 heteroatoms. The Morgan fingerprint density at radius 3 is 2.49 bits per heavy atom. The molecule has 1 N–H and O–H groups in total. The van der Waals surface area contributed by atoms with Crippen LogP contribution in [0.5, 0.6) is 0 Å². The van der Waals surface area contributed by atoms with Crippen LogP contribution in [0.25, 0.3) is 22.2 Å². The minimum absolute atomic E-state index is 0.370. The molecule has 218 valence electrons. The largest absolute Gasteiger partial charge is 0.478 e. The normalized spacial score (nSPS) is 22.6. The third kappa shape index (κ3) is 5.29. The Hall–Kier alpha value is -2.50. The first-order chi connectivity index (χ1) is 20.1. The number of halogens is 1. The molecule has 3 aromatic rings. The van der Waals surface area contributed by atoms with Crippen LogP contribution in [0.15, 0.2) is 36.4 Å². The molecule has 1 atom stereocenters. The van der Waals surface area contributed by atoms with Crippen LogP contribution in [0.4, 0.5) is 5.69 Å². The number of aromatic carboxylic acids is 1. The van der Waals surface area contributed by atoms with Crippen molar-refractivity contribution < 1.29 is 9.90 Å². The molecule has 2 aliphatic carbocycles. The van der Waals surface area contributed by atoms with E-state index in [0.717, 1.165) is 42.1 Å². The van der Waals surface area contributed by atoms with Gasteiger partial charge in [-0.25, -0.2) is 4.79 Å². The van der Waals surface area contributed by atoms with Gasteiger partial charge in [-0.2, -0.15) is 0 Å². The molecule has 0 spiro atoms. The van der Waals surface area contributed by atoms with E-state index in [9.17, 15) is 9.90 Å². The average molecular weight is 574 g/mol. The zero-order valence-corrected chi connectivity index (χ0v) is 25.0. The van der Waals surface area contributed by atoms with Crippen LogP contribution in [0.2, 0.25) is 5.02 Å². The van der Waals surface area contributed by atoms with Crippen LogP contribution in [-0.2, 0) is 6.54 Å². The Bertz CT molecular complexity index is 1420. The molecule has 3 heterocycles. The smallest absolute Gasteiger partial charge is 0.335 e. The monoisotopic (exact) mass is 573 g/mol. The number of likely N-dealkylation sites (tertiary alicyclic amines) is 1. The molecule has 0 unspecified atom stereocenters. The Morgan fingerprint density at radius 1 is 0.878 bits per heavy atom. The van der Waals surface area contributed by atoms with Gasteiger partial charge in [0.15, 0.2) is 0 Å². The Balaban J connectivity index is 1.24. The lowest BCUT2D eigenvalue weighted by atomic mass is 9.81. The third-order valence-electron chi connectivity index (χ3n) is 10.7. The van der Waals surface area contributed by atoms with Gasteiger partial charge in [0.25, 0.3) is 0 Å². The summed E-state index contributed by atoms with van der Waals surface area (Å²) in [5, 5.41) is 11.9. The van der Waals surface area contributed by atoms with E-state index in [2.05, 4.69) is 32.6 Å². The maximum absolute atomic E-state index is 12.0. The van der Waals surface area contributed by atoms with E-state index in [0.29, 0.717) is 11.5 Å². The molecule has 3 fully saturated rings. The molecule has 5 nitrogen and oxygen atoms in total. The summed E-state index contributed by atoms with van der Waals surface area (Å²) in [6.45, 7) is 5.35. The Kier molecular flexibility index (Phi) is 7.77. The molecule has 1 aromatic heterocycles. The number of anilines is 1. The Labute approximate surface area is 249 Å². The lowest BCUT2D eigenvalue weighted by molar-refractivity contribution is 0.0697. The third-order valence-corrected chi connectivity index (χ3v) is 10.9. The zero-order valence-electron chi connectivity index (χ0n) is 24.3. The van der Waals surface area contributed by atoms with E-state index in [1.165, 1.54) is 118 Å². The number of hydrogen-bond acceptors (Lipinski definition) is 3. The number of nitrogens with zero attached hydrogens (tertiary/aromatic N) is 3. The van der Waals surface area contributed by atoms with Gasteiger partial charge < -0.3 is 19.5 Å². The molecule has 41 heavy (non-hydrogen) atoms. The number of hydrogen-bond donors (Lipinski definition) is 1. The highest BCUT2D eigenvalue weighted by Gasteiger charge is 2.32. The van der Waals surface area contributed by atoms with Crippen molar-refractivity contribution in [3.8, 4) is 11.3 Å². The van der Waals surface area contributed by atoms with E-state index < -0.39 is 5.97 Å². The molecular formula is C35H44ClN3O2. The first-order valence-electron chi connectivity index (χ1n) is 16.2. The highest BCUT2D eigenvalue weighted by molar-refractivity contribution is 6.31. The standard InChI is InChI=1S/C35H44ClN3O2/c36-27-13-15-30-31(22-27)37(18-16-24-7-6-17-38(23-24)28-10-4-5-11-28)19-20-39-32-21-26(35(40)41)12-14-29(32)33(34(30)39)25-8-2-1-3-9-25/h12-15,21-22,24-25,28H,1-11,16-20,23H2,(H,40,41)/t24-/m0/s1. The van der Waals surface area contributed by atoms with Crippen LogP contribution in [-0.4, -0.2) is 52.8 Å². The van der Waals surface area contributed by atoms with Crippen LogP contribution >= 0.6 is 11.6 Å². The van der Waals surface area contributed by atoms with Gasteiger partial charge in [0.2, 0.25) is 0 Å². The van der Waals surface area contributed by atoms with E-state index in [-0.39, 0.29) is 0 Å². The number of aromatic nitrogens is 1. The quantitative estimate of drug-likeness (QED) is 0.321. The van der Waals surface area contributed by atoms with Gasteiger partial charge in [-0.05, 0) is 99.2 Å². The summed E-state index contributed by atoms with van der Waals surface area (Å²) in [7, 11) is 0. The van der Waals surface area contributed by atoms with Crippen molar-refractivity contribution in [2.75, 3.05) is 31.1 Å². The predicted molar refractivity (Wildman–Crippen MR) is 169 cm³/mol. The number of benzene rings is 2. The molecule has 1 saturated heterocycles. The van der Waals surface area contributed by atoms with Gasteiger partial charge in [-0.3, -0.25) is 0 Å². The molecule has 2 aromatic carbocycles. The van der Waals surface area contributed by atoms with Crippen molar-refractivity contribution in [2.45, 2.75) is 95.6 Å². The second-order valence-electron chi connectivity index (χ2n) is 13.2. The van der Waals surface area contributed by atoms with Crippen LogP contribution < -0.4 is 4.90 Å². The number of fused-ring (bicyclic) bond motifs is 5. The van der Waals surface area contributed by atoms with Crippen molar-refractivity contribution in [1.82, 2.24) is 9.47 Å². The van der Waals surface area contributed by atoms with E-state index >= 15 is 0 Å². The van der Waals surface area contributed by atoms with Gasteiger partial charge in [0.1, 0.15) is 0 Å². The molecule has 2 saturated carbocycles. The van der Waals surface area contributed by atoms with E-state index in [1.54, 1.807) is 6.07 Å². The van der Waals surface area contributed by atoms with Crippen LogP contribution in [0.3, 0.4) is 0 Å². The molecule has 0 radical (unpaired) electrons. The fourth-order valence-corrected chi connectivity index (χ4v) is 8.82. The van der Waals surface area contributed by atoms with Gasteiger partial charge in [0.05, 0.1) is 11.3 Å². The first-order valence-corrected chi connectivity index (χ1v) is 16.6. The summed E-state index contributed by atoms with van der Waals surface area (Å²) in [4.78, 5) is 17.4. The topological polar surface area (TPSA) is 48.7 Å². The van der Waals surface area contributed by atoms with Crippen molar-refractivity contribution in [1.29, 1.82) is 0 Å². The van der Waals surface area contributed by atoms with Crippen LogP contribution in [0.1, 0.15) is 98.9 Å². The maximum Gasteiger partial charge on any atom is 0.335 e. The summed E-state index contributed by atoms with van der Waals surface area (Å²) in [6.07, 6.45) is 15.7. The minimum Gasteiger partial charge on any atom is -0.478 e. The number of rotatable bonds is 6. The van der Waals surface area contributed by atoms with Crippen molar-refractivity contribution in [3.63, 3.8) is 0 Å². The number of carboxylic acid groups (broad SMARTS) is 1. The van der Waals surface area contributed by atoms with Crippen molar-refractivity contribution in [2.24, 2.45) is 5.92 Å². The second-order valence-corrected chi connectivity index (χ2v) is 13.6. The Morgan fingerprint density at radius 2 is 1.68 bits per heavy atom. The number of piperidine rings is 1. The SMILES string of the molecule is O=C(O)c1ccc2c(C3CCCCC3)c3n(c2c1)CCN(CC[C@@H]1CCCN(C2CCCC2)C1)c1cc(Cl)ccc1-3.